The first-order valence-electron chi connectivity index (χ1n) is 8.01. The molecular formula is C17H27ClN2O. The average Bonchev–Trinajstić information content (AvgIpc) is 2.53. The SMILES string of the molecule is CCN(C1CCCCC1)C(CN)c1c(Cl)cccc1OC. The minimum Gasteiger partial charge on any atom is -0.496 e. The second-order valence-electron chi connectivity index (χ2n) is 5.73. The van der Waals surface area contributed by atoms with E-state index in [1.54, 1.807) is 7.11 Å². The highest BCUT2D eigenvalue weighted by Crippen LogP contribution is 2.37. The van der Waals surface area contributed by atoms with E-state index in [4.69, 9.17) is 22.1 Å². The van der Waals surface area contributed by atoms with Crippen LogP contribution in [0, 0.1) is 0 Å². The first-order valence-corrected chi connectivity index (χ1v) is 8.38. The number of rotatable bonds is 6. The van der Waals surface area contributed by atoms with Crippen molar-refractivity contribution in [2.24, 2.45) is 5.73 Å². The number of ether oxygens (including phenoxy) is 1. The van der Waals surface area contributed by atoms with E-state index < -0.39 is 0 Å². The van der Waals surface area contributed by atoms with Crippen molar-refractivity contribution in [2.75, 3.05) is 20.2 Å². The fourth-order valence-corrected chi connectivity index (χ4v) is 3.88. The van der Waals surface area contributed by atoms with Gasteiger partial charge >= 0.3 is 0 Å². The Labute approximate surface area is 133 Å². The van der Waals surface area contributed by atoms with Gasteiger partial charge in [-0.1, -0.05) is 43.9 Å². The van der Waals surface area contributed by atoms with Crippen molar-refractivity contribution in [1.82, 2.24) is 4.90 Å². The predicted octanol–water partition coefficient (Wildman–Crippen LogP) is 4.00. The van der Waals surface area contributed by atoms with Crippen molar-refractivity contribution in [3.8, 4) is 5.75 Å². The van der Waals surface area contributed by atoms with Crippen molar-refractivity contribution in [2.45, 2.75) is 51.1 Å². The van der Waals surface area contributed by atoms with Gasteiger partial charge in [-0.2, -0.15) is 0 Å². The highest BCUT2D eigenvalue weighted by molar-refractivity contribution is 6.31. The van der Waals surface area contributed by atoms with Gasteiger partial charge in [0, 0.05) is 23.2 Å². The maximum Gasteiger partial charge on any atom is 0.125 e. The van der Waals surface area contributed by atoms with E-state index in [1.165, 1.54) is 32.1 Å². The van der Waals surface area contributed by atoms with Gasteiger partial charge in [-0.3, -0.25) is 4.90 Å². The first kappa shape index (κ1) is 16.6. The Bertz CT molecular complexity index is 446. The summed E-state index contributed by atoms with van der Waals surface area (Å²) >= 11 is 6.46. The Kier molecular flexibility index (Phi) is 6.34. The second-order valence-corrected chi connectivity index (χ2v) is 6.14. The minimum absolute atomic E-state index is 0.127. The lowest BCUT2D eigenvalue weighted by molar-refractivity contribution is 0.112. The second kappa shape index (κ2) is 8.02. The molecule has 1 aliphatic carbocycles. The monoisotopic (exact) mass is 310 g/mol. The number of methoxy groups -OCH3 is 1. The molecular weight excluding hydrogens is 284 g/mol. The zero-order valence-corrected chi connectivity index (χ0v) is 13.9. The molecule has 0 amide bonds. The highest BCUT2D eigenvalue weighted by atomic mass is 35.5. The fraction of sp³-hybridized carbons (Fsp3) is 0.647. The molecule has 21 heavy (non-hydrogen) atoms. The Balaban J connectivity index is 2.32. The van der Waals surface area contributed by atoms with E-state index in [0.717, 1.165) is 22.9 Å². The third kappa shape index (κ3) is 3.71. The number of likely N-dealkylation sites (N-methyl/N-ethyl adjacent to an activating group) is 1. The topological polar surface area (TPSA) is 38.5 Å². The maximum atomic E-state index is 6.46. The zero-order chi connectivity index (χ0) is 15.2. The summed E-state index contributed by atoms with van der Waals surface area (Å²) in [6.07, 6.45) is 6.52. The van der Waals surface area contributed by atoms with E-state index in [9.17, 15) is 0 Å². The summed E-state index contributed by atoms with van der Waals surface area (Å²) in [7, 11) is 1.69. The van der Waals surface area contributed by atoms with Gasteiger partial charge < -0.3 is 10.5 Å². The van der Waals surface area contributed by atoms with Gasteiger partial charge in [-0.25, -0.2) is 0 Å². The normalized spacial score (nSPS) is 18.0. The molecule has 0 spiro atoms. The van der Waals surface area contributed by atoms with Crippen molar-refractivity contribution < 1.29 is 4.74 Å². The Hall–Kier alpha value is -0.770. The standard InChI is InChI=1S/C17H27ClN2O/c1-3-20(13-8-5-4-6-9-13)15(12-19)17-14(18)10-7-11-16(17)21-2/h7,10-11,13,15H,3-6,8-9,12,19H2,1-2H3. The lowest BCUT2D eigenvalue weighted by Crippen LogP contribution is -2.42. The smallest absolute Gasteiger partial charge is 0.125 e. The third-order valence-corrected chi connectivity index (χ3v) is 4.93. The van der Waals surface area contributed by atoms with Crippen LogP contribution in [-0.4, -0.2) is 31.1 Å². The molecule has 4 heteroatoms. The Morgan fingerprint density at radius 2 is 2.05 bits per heavy atom. The summed E-state index contributed by atoms with van der Waals surface area (Å²) in [5.74, 6) is 0.840. The molecule has 1 aromatic rings. The Morgan fingerprint density at radius 1 is 1.33 bits per heavy atom. The van der Waals surface area contributed by atoms with E-state index in [-0.39, 0.29) is 6.04 Å². The largest absolute Gasteiger partial charge is 0.496 e. The van der Waals surface area contributed by atoms with Crippen LogP contribution in [0.15, 0.2) is 18.2 Å². The predicted molar refractivity (Wildman–Crippen MR) is 89.1 cm³/mol. The molecule has 3 nitrogen and oxygen atoms in total. The van der Waals surface area contributed by atoms with Crippen LogP contribution in [-0.2, 0) is 0 Å². The molecule has 1 aliphatic rings. The molecule has 0 aromatic heterocycles. The maximum absolute atomic E-state index is 6.46. The Morgan fingerprint density at radius 3 is 2.62 bits per heavy atom. The van der Waals surface area contributed by atoms with Crippen molar-refractivity contribution in [3.63, 3.8) is 0 Å². The van der Waals surface area contributed by atoms with Crippen LogP contribution < -0.4 is 10.5 Å². The molecule has 2 N–H and O–H groups in total. The van der Waals surface area contributed by atoms with Gasteiger partial charge in [0.2, 0.25) is 0 Å². The summed E-state index contributed by atoms with van der Waals surface area (Å²) in [6, 6.07) is 6.56. The summed E-state index contributed by atoms with van der Waals surface area (Å²) in [4.78, 5) is 2.52. The molecule has 1 saturated carbocycles. The first-order chi connectivity index (χ1) is 10.2. The lowest BCUT2D eigenvalue weighted by Gasteiger charge is -2.39. The molecule has 1 atom stereocenters. The van der Waals surface area contributed by atoms with Crippen LogP contribution in [0.5, 0.6) is 5.75 Å². The van der Waals surface area contributed by atoms with Gasteiger partial charge in [-0.15, -0.1) is 0 Å². The van der Waals surface area contributed by atoms with E-state index >= 15 is 0 Å². The fourth-order valence-electron chi connectivity index (χ4n) is 3.58. The molecule has 0 aliphatic heterocycles. The van der Waals surface area contributed by atoms with Crippen LogP contribution >= 0.6 is 11.6 Å². The zero-order valence-electron chi connectivity index (χ0n) is 13.1. The quantitative estimate of drug-likeness (QED) is 0.863. The van der Waals surface area contributed by atoms with Crippen molar-refractivity contribution in [3.05, 3.63) is 28.8 Å². The van der Waals surface area contributed by atoms with Crippen molar-refractivity contribution in [1.29, 1.82) is 0 Å². The minimum atomic E-state index is 0.127. The van der Waals surface area contributed by atoms with Gasteiger partial charge in [0.1, 0.15) is 5.75 Å². The third-order valence-electron chi connectivity index (χ3n) is 4.60. The molecule has 0 heterocycles. The molecule has 0 saturated heterocycles. The van der Waals surface area contributed by atoms with E-state index in [2.05, 4.69) is 11.8 Å². The number of benzene rings is 1. The van der Waals surface area contributed by atoms with Crippen LogP contribution in [0.1, 0.15) is 50.6 Å². The number of nitrogens with zero attached hydrogens (tertiary/aromatic N) is 1. The lowest BCUT2D eigenvalue weighted by atomic mass is 9.91. The molecule has 0 radical (unpaired) electrons. The van der Waals surface area contributed by atoms with Gasteiger partial charge in [0.25, 0.3) is 0 Å². The summed E-state index contributed by atoms with van der Waals surface area (Å²) in [5.41, 5.74) is 7.16. The van der Waals surface area contributed by atoms with E-state index in [0.29, 0.717) is 12.6 Å². The summed E-state index contributed by atoms with van der Waals surface area (Å²) in [6.45, 7) is 3.76. The average molecular weight is 311 g/mol. The van der Waals surface area contributed by atoms with Crippen LogP contribution in [0.25, 0.3) is 0 Å². The molecule has 1 unspecified atom stereocenters. The van der Waals surface area contributed by atoms with Crippen LogP contribution in [0.2, 0.25) is 5.02 Å². The van der Waals surface area contributed by atoms with Gasteiger partial charge in [0.15, 0.2) is 0 Å². The highest BCUT2D eigenvalue weighted by Gasteiger charge is 2.29. The molecule has 2 rings (SSSR count). The molecule has 1 aromatic carbocycles. The number of hydrogen-bond donors (Lipinski definition) is 1. The van der Waals surface area contributed by atoms with Gasteiger partial charge in [-0.05, 0) is 31.5 Å². The number of halogens is 1. The molecule has 118 valence electrons. The number of hydrogen-bond acceptors (Lipinski definition) is 3. The molecule has 1 fully saturated rings. The summed E-state index contributed by atoms with van der Waals surface area (Å²) in [5, 5.41) is 0.749. The molecule has 0 bridgehead atoms. The van der Waals surface area contributed by atoms with E-state index in [1.807, 2.05) is 18.2 Å². The van der Waals surface area contributed by atoms with Crippen LogP contribution in [0.4, 0.5) is 0 Å². The number of nitrogens with two attached hydrogens (primary N) is 1. The van der Waals surface area contributed by atoms with Gasteiger partial charge in [0.05, 0.1) is 13.2 Å². The van der Waals surface area contributed by atoms with Crippen molar-refractivity contribution >= 4 is 11.6 Å². The van der Waals surface area contributed by atoms with Crippen LogP contribution in [0.3, 0.4) is 0 Å². The summed E-state index contributed by atoms with van der Waals surface area (Å²) < 4.78 is 5.52.